The number of hydrogen-bond acceptors (Lipinski definition) is 4. The highest BCUT2D eigenvalue weighted by Gasteiger charge is 2.05. The van der Waals surface area contributed by atoms with Gasteiger partial charge >= 0.3 is 0 Å². The van der Waals surface area contributed by atoms with Gasteiger partial charge in [0.05, 0.1) is 9.99 Å². The van der Waals surface area contributed by atoms with Gasteiger partial charge in [-0.2, -0.15) is 0 Å². The molecular formula is C13H15IN4. The van der Waals surface area contributed by atoms with Crippen LogP contribution in [0.1, 0.15) is 24.9 Å². The molecule has 0 saturated carbocycles. The Hall–Kier alpha value is -1.24. The summed E-state index contributed by atoms with van der Waals surface area (Å²) in [5, 5.41) is 3.31. The molecule has 1 N–H and O–H groups in total. The fourth-order valence-corrected chi connectivity index (χ4v) is 1.97. The van der Waals surface area contributed by atoms with Crippen molar-refractivity contribution in [2.45, 2.75) is 19.8 Å². The molecule has 0 aliphatic rings. The third-order valence-electron chi connectivity index (χ3n) is 2.40. The van der Waals surface area contributed by atoms with Crippen molar-refractivity contribution in [2.75, 3.05) is 11.9 Å². The maximum Gasteiger partial charge on any atom is 0.143 e. The molecule has 0 fully saturated rings. The van der Waals surface area contributed by atoms with Gasteiger partial charge in [0.15, 0.2) is 0 Å². The van der Waals surface area contributed by atoms with E-state index in [0.29, 0.717) is 6.42 Å². The quantitative estimate of drug-likeness (QED) is 0.839. The molecule has 2 rings (SSSR count). The van der Waals surface area contributed by atoms with Crippen molar-refractivity contribution in [3.05, 3.63) is 45.7 Å². The predicted molar refractivity (Wildman–Crippen MR) is 80.6 cm³/mol. The average Bonchev–Trinajstić information content (AvgIpc) is 2.40. The summed E-state index contributed by atoms with van der Waals surface area (Å²) in [5.41, 5.74) is 0.986. The molecule has 2 heterocycles. The molecule has 94 valence electrons. The van der Waals surface area contributed by atoms with E-state index < -0.39 is 0 Å². The van der Waals surface area contributed by atoms with E-state index in [4.69, 9.17) is 0 Å². The highest BCUT2D eigenvalue weighted by Crippen LogP contribution is 2.15. The van der Waals surface area contributed by atoms with Crippen LogP contribution in [0.3, 0.4) is 0 Å². The lowest BCUT2D eigenvalue weighted by Crippen LogP contribution is -2.07. The van der Waals surface area contributed by atoms with Crippen molar-refractivity contribution in [2.24, 2.45) is 0 Å². The first-order valence-electron chi connectivity index (χ1n) is 5.94. The van der Waals surface area contributed by atoms with Crippen molar-refractivity contribution in [3.63, 3.8) is 0 Å². The Morgan fingerprint density at radius 3 is 2.89 bits per heavy atom. The Bertz CT molecular complexity index is 502. The van der Waals surface area contributed by atoms with Crippen LogP contribution in [-0.2, 0) is 6.42 Å². The molecule has 0 atom stereocenters. The molecule has 0 amide bonds. The summed E-state index contributed by atoms with van der Waals surface area (Å²) in [6.07, 6.45) is 5.39. The van der Waals surface area contributed by atoms with Crippen molar-refractivity contribution in [1.82, 2.24) is 15.0 Å². The lowest BCUT2D eigenvalue weighted by Gasteiger charge is -2.07. The van der Waals surface area contributed by atoms with E-state index in [1.54, 1.807) is 6.20 Å². The number of nitrogens with zero attached hydrogens (tertiary/aromatic N) is 3. The van der Waals surface area contributed by atoms with Gasteiger partial charge in [-0.25, -0.2) is 9.97 Å². The Labute approximate surface area is 120 Å². The second-order valence-corrected chi connectivity index (χ2v) is 5.07. The van der Waals surface area contributed by atoms with Gasteiger partial charge in [-0.05, 0) is 41.1 Å². The molecule has 0 unspecified atom stereocenters. The number of nitrogens with one attached hydrogen (secondary N) is 1. The maximum absolute atomic E-state index is 4.54. The smallest absolute Gasteiger partial charge is 0.143 e. The minimum atomic E-state index is 0.665. The summed E-state index contributed by atoms with van der Waals surface area (Å²) in [4.78, 5) is 13.2. The van der Waals surface area contributed by atoms with Gasteiger partial charge in [0.25, 0.3) is 0 Å². The molecule has 0 aliphatic heterocycles. The zero-order chi connectivity index (χ0) is 12.8. The number of anilines is 1. The highest BCUT2D eigenvalue weighted by molar-refractivity contribution is 14.1. The number of rotatable bonds is 5. The minimum absolute atomic E-state index is 0.665. The van der Waals surface area contributed by atoms with Crippen LogP contribution in [0.4, 0.5) is 5.82 Å². The Balaban J connectivity index is 2.14. The van der Waals surface area contributed by atoms with Crippen LogP contribution in [0.5, 0.6) is 0 Å². The third kappa shape index (κ3) is 3.63. The first-order valence-corrected chi connectivity index (χ1v) is 7.02. The largest absolute Gasteiger partial charge is 0.369 e. The van der Waals surface area contributed by atoms with Gasteiger partial charge in [-0.15, -0.1) is 0 Å². The van der Waals surface area contributed by atoms with Crippen LogP contribution in [-0.4, -0.2) is 21.5 Å². The summed E-state index contributed by atoms with van der Waals surface area (Å²) < 4.78 is 1.05. The van der Waals surface area contributed by atoms with Crippen molar-refractivity contribution in [3.8, 4) is 0 Å². The average molecular weight is 354 g/mol. The summed E-state index contributed by atoms with van der Waals surface area (Å²) in [6, 6.07) is 5.87. The van der Waals surface area contributed by atoms with Gasteiger partial charge in [-0.3, -0.25) is 4.98 Å². The molecule has 2 aromatic rings. The van der Waals surface area contributed by atoms with E-state index >= 15 is 0 Å². The van der Waals surface area contributed by atoms with Gasteiger partial charge in [-0.1, -0.05) is 13.0 Å². The van der Waals surface area contributed by atoms with E-state index in [1.165, 1.54) is 0 Å². The van der Waals surface area contributed by atoms with Crippen LogP contribution in [0.15, 0.2) is 30.6 Å². The molecule has 5 heteroatoms. The molecular weight excluding hydrogens is 339 g/mol. The summed E-state index contributed by atoms with van der Waals surface area (Å²) in [5.74, 6) is 1.71. The van der Waals surface area contributed by atoms with Gasteiger partial charge in [0.1, 0.15) is 11.6 Å². The zero-order valence-electron chi connectivity index (χ0n) is 10.2. The molecule has 0 aromatic carbocycles. The number of aromatic nitrogens is 3. The standard InChI is InChI=1S/C13H15IN4/c1-2-6-16-13-11(14)9-17-12(18-13)8-10-5-3-4-7-15-10/h3-5,7,9H,2,6,8H2,1H3,(H,16,17,18). The molecule has 0 saturated heterocycles. The van der Waals surface area contributed by atoms with E-state index in [1.807, 2.05) is 24.4 Å². The normalized spacial score (nSPS) is 10.3. The number of halogens is 1. The summed E-state index contributed by atoms with van der Waals surface area (Å²) in [6.45, 7) is 3.06. The second kappa shape index (κ2) is 6.63. The molecule has 0 bridgehead atoms. The number of pyridine rings is 1. The van der Waals surface area contributed by atoms with Crippen molar-refractivity contribution >= 4 is 28.4 Å². The van der Waals surface area contributed by atoms with Crippen molar-refractivity contribution in [1.29, 1.82) is 0 Å². The molecule has 4 nitrogen and oxygen atoms in total. The zero-order valence-corrected chi connectivity index (χ0v) is 12.4. The Morgan fingerprint density at radius 1 is 1.28 bits per heavy atom. The van der Waals surface area contributed by atoms with Gasteiger partial charge in [0.2, 0.25) is 0 Å². The molecule has 18 heavy (non-hydrogen) atoms. The SMILES string of the molecule is CCCNc1nc(Cc2ccccn2)ncc1I. The third-order valence-corrected chi connectivity index (χ3v) is 3.19. The first-order chi connectivity index (χ1) is 8.79. The predicted octanol–water partition coefficient (Wildman–Crippen LogP) is 2.89. The van der Waals surface area contributed by atoms with E-state index in [-0.39, 0.29) is 0 Å². The maximum atomic E-state index is 4.54. The second-order valence-electron chi connectivity index (χ2n) is 3.91. The topological polar surface area (TPSA) is 50.7 Å². The van der Waals surface area contributed by atoms with Crippen LogP contribution in [0.25, 0.3) is 0 Å². The van der Waals surface area contributed by atoms with Crippen LogP contribution < -0.4 is 5.32 Å². The van der Waals surface area contributed by atoms with Crippen molar-refractivity contribution < 1.29 is 0 Å². The lowest BCUT2D eigenvalue weighted by molar-refractivity contribution is 0.910. The van der Waals surface area contributed by atoms with Gasteiger partial charge < -0.3 is 5.32 Å². The summed E-state index contributed by atoms with van der Waals surface area (Å²) >= 11 is 2.24. The van der Waals surface area contributed by atoms with E-state index in [0.717, 1.165) is 33.9 Å². The summed E-state index contributed by atoms with van der Waals surface area (Å²) in [7, 11) is 0. The molecule has 2 aromatic heterocycles. The fourth-order valence-electron chi connectivity index (χ4n) is 1.52. The highest BCUT2D eigenvalue weighted by atomic mass is 127. The Morgan fingerprint density at radius 2 is 2.17 bits per heavy atom. The Kier molecular flexibility index (Phi) is 4.86. The lowest BCUT2D eigenvalue weighted by atomic mass is 10.2. The molecule has 0 spiro atoms. The van der Waals surface area contributed by atoms with Crippen LogP contribution in [0.2, 0.25) is 0 Å². The molecule has 0 radical (unpaired) electrons. The van der Waals surface area contributed by atoms with Gasteiger partial charge in [0, 0.05) is 24.6 Å². The molecule has 0 aliphatic carbocycles. The first kappa shape index (κ1) is 13.2. The monoisotopic (exact) mass is 354 g/mol. The number of hydrogen-bond donors (Lipinski definition) is 1. The van der Waals surface area contributed by atoms with Crippen LogP contribution >= 0.6 is 22.6 Å². The van der Waals surface area contributed by atoms with E-state index in [9.17, 15) is 0 Å². The van der Waals surface area contributed by atoms with Crippen LogP contribution in [0, 0.1) is 3.57 Å². The van der Waals surface area contributed by atoms with E-state index in [2.05, 4.69) is 49.8 Å². The minimum Gasteiger partial charge on any atom is -0.369 e. The fraction of sp³-hybridized carbons (Fsp3) is 0.308.